The fraction of sp³-hybridized carbons (Fsp3) is 0.500. The molecule has 1 aromatic carbocycles. The third-order valence-corrected chi connectivity index (χ3v) is 2.90. The summed E-state index contributed by atoms with van der Waals surface area (Å²) in [5.41, 5.74) is 1.85. The fourth-order valence-corrected chi connectivity index (χ4v) is 1.76. The van der Waals surface area contributed by atoms with Crippen LogP contribution in [0.3, 0.4) is 0 Å². The summed E-state index contributed by atoms with van der Waals surface area (Å²) in [6.07, 6.45) is 1.27. The molecule has 4 heteroatoms. The van der Waals surface area contributed by atoms with Crippen molar-refractivity contribution in [2.24, 2.45) is 0 Å². The number of hydrogen-bond acceptors (Lipinski definition) is 3. The lowest BCUT2D eigenvalue weighted by atomic mass is 10.0. The van der Waals surface area contributed by atoms with Gasteiger partial charge in [0.25, 0.3) is 0 Å². The molecule has 0 aliphatic heterocycles. The molecular formula is C14H21NO3. The zero-order valence-corrected chi connectivity index (χ0v) is 10.7. The summed E-state index contributed by atoms with van der Waals surface area (Å²) >= 11 is 0. The summed E-state index contributed by atoms with van der Waals surface area (Å²) in [5, 5.41) is 21.5. The van der Waals surface area contributed by atoms with E-state index in [9.17, 15) is 9.90 Å². The van der Waals surface area contributed by atoms with Crippen LogP contribution in [0.5, 0.6) is 0 Å². The topological polar surface area (TPSA) is 69.6 Å². The summed E-state index contributed by atoms with van der Waals surface area (Å²) in [5.74, 6) is -0.816. The molecule has 0 amide bonds. The summed E-state index contributed by atoms with van der Waals surface area (Å²) in [6, 6.07) is 7.53. The molecule has 1 aromatic rings. The Morgan fingerprint density at radius 2 is 2.00 bits per heavy atom. The summed E-state index contributed by atoms with van der Waals surface area (Å²) < 4.78 is 0. The number of carboxylic acid groups (broad SMARTS) is 1. The normalized spacial score (nSPS) is 12.3. The molecule has 0 aliphatic carbocycles. The highest BCUT2D eigenvalue weighted by Gasteiger charge is 2.06. The van der Waals surface area contributed by atoms with Crippen LogP contribution in [-0.4, -0.2) is 28.8 Å². The van der Waals surface area contributed by atoms with E-state index in [0.29, 0.717) is 6.54 Å². The van der Waals surface area contributed by atoms with Gasteiger partial charge in [0, 0.05) is 6.54 Å². The van der Waals surface area contributed by atoms with Gasteiger partial charge < -0.3 is 15.5 Å². The van der Waals surface area contributed by atoms with Crippen LogP contribution in [0.15, 0.2) is 24.3 Å². The van der Waals surface area contributed by atoms with Gasteiger partial charge in [0.15, 0.2) is 0 Å². The highest BCUT2D eigenvalue weighted by molar-refractivity contribution is 5.70. The highest BCUT2D eigenvalue weighted by Crippen LogP contribution is 2.09. The van der Waals surface area contributed by atoms with Crippen molar-refractivity contribution in [3.8, 4) is 0 Å². The molecular weight excluding hydrogens is 230 g/mol. The maximum absolute atomic E-state index is 10.7. The minimum atomic E-state index is -0.816. The second-order valence-corrected chi connectivity index (χ2v) is 4.37. The van der Waals surface area contributed by atoms with Crippen LogP contribution in [0.25, 0.3) is 0 Å². The molecule has 0 heterocycles. The van der Waals surface area contributed by atoms with Gasteiger partial charge in [0.1, 0.15) is 0 Å². The van der Waals surface area contributed by atoms with Gasteiger partial charge in [0.05, 0.1) is 12.5 Å². The fourth-order valence-electron chi connectivity index (χ4n) is 1.76. The summed E-state index contributed by atoms with van der Waals surface area (Å²) in [7, 11) is 0. The zero-order valence-electron chi connectivity index (χ0n) is 10.7. The SMILES string of the molecule is CCC(O)CCNCc1ccccc1CC(=O)O. The molecule has 100 valence electrons. The molecule has 0 saturated carbocycles. The molecule has 4 nitrogen and oxygen atoms in total. The van der Waals surface area contributed by atoms with Crippen LogP contribution in [0.4, 0.5) is 0 Å². The number of nitrogens with one attached hydrogen (secondary N) is 1. The maximum Gasteiger partial charge on any atom is 0.307 e. The van der Waals surface area contributed by atoms with E-state index in [-0.39, 0.29) is 12.5 Å². The Labute approximate surface area is 108 Å². The Balaban J connectivity index is 2.44. The van der Waals surface area contributed by atoms with E-state index in [1.165, 1.54) is 0 Å². The minimum absolute atomic E-state index is 0.0510. The van der Waals surface area contributed by atoms with Gasteiger partial charge in [-0.05, 0) is 30.5 Å². The first-order chi connectivity index (χ1) is 8.63. The standard InChI is InChI=1S/C14H21NO3/c1-2-13(16)7-8-15-10-12-6-4-3-5-11(12)9-14(17)18/h3-6,13,15-16H,2,7-10H2,1H3,(H,17,18). The number of carboxylic acids is 1. The number of carbonyl (C=O) groups is 1. The van der Waals surface area contributed by atoms with Gasteiger partial charge in [-0.3, -0.25) is 4.79 Å². The van der Waals surface area contributed by atoms with E-state index in [4.69, 9.17) is 5.11 Å². The van der Waals surface area contributed by atoms with Crippen molar-refractivity contribution in [2.45, 2.75) is 38.8 Å². The van der Waals surface area contributed by atoms with Crippen LogP contribution in [0.2, 0.25) is 0 Å². The Hall–Kier alpha value is -1.39. The second-order valence-electron chi connectivity index (χ2n) is 4.37. The number of hydrogen-bond donors (Lipinski definition) is 3. The predicted molar refractivity (Wildman–Crippen MR) is 70.4 cm³/mol. The number of rotatable bonds is 8. The van der Waals surface area contributed by atoms with E-state index in [1.54, 1.807) is 0 Å². The largest absolute Gasteiger partial charge is 0.481 e. The average Bonchev–Trinajstić information content (AvgIpc) is 2.35. The quantitative estimate of drug-likeness (QED) is 0.613. The lowest BCUT2D eigenvalue weighted by Crippen LogP contribution is -2.20. The van der Waals surface area contributed by atoms with Gasteiger partial charge >= 0.3 is 5.97 Å². The van der Waals surface area contributed by atoms with Gasteiger partial charge in [-0.1, -0.05) is 31.2 Å². The van der Waals surface area contributed by atoms with Gasteiger partial charge in [-0.15, -0.1) is 0 Å². The van der Waals surface area contributed by atoms with Crippen molar-refractivity contribution in [1.29, 1.82) is 0 Å². The number of aliphatic hydroxyl groups is 1. The van der Waals surface area contributed by atoms with E-state index >= 15 is 0 Å². The van der Waals surface area contributed by atoms with Gasteiger partial charge in [-0.2, -0.15) is 0 Å². The van der Waals surface area contributed by atoms with Crippen LogP contribution < -0.4 is 5.32 Å². The Morgan fingerprint density at radius 1 is 1.33 bits per heavy atom. The zero-order chi connectivity index (χ0) is 13.4. The van der Waals surface area contributed by atoms with Gasteiger partial charge in [0.2, 0.25) is 0 Å². The first kappa shape index (κ1) is 14.7. The molecule has 1 atom stereocenters. The van der Waals surface area contributed by atoms with Crippen LogP contribution in [0, 0.1) is 0 Å². The van der Waals surface area contributed by atoms with Crippen LogP contribution >= 0.6 is 0 Å². The third-order valence-electron chi connectivity index (χ3n) is 2.90. The number of aliphatic carboxylic acids is 1. The van der Waals surface area contributed by atoms with E-state index in [0.717, 1.165) is 30.5 Å². The van der Waals surface area contributed by atoms with Gasteiger partial charge in [-0.25, -0.2) is 0 Å². The smallest absolute Gasteiger partial charge is 0.307 e. The van der Waals surface area contributed by atoms with E-state index < -0.39 is 5.97 Å². The predicted octanol–water partition coefficient (Wildman–Crippen LogP) is 1.56. The van der Waals surface area contributed by atoms with Crippen molar-refractivity contribution in [3.05, 3.63) is 35.4 Å². The molecule has 1 rings (SSSR count). The molecule has 18 heavy (non-hydrogen) atoms. The van der Waals surface area contributed by atoms with Crippen molar-refractivity contribution < 1.29 is 15.0 Å². The Bertz CT molecular complexity index is 379. The van der Waals surface area contributed by atoms with Crippen molar-refractivity contribution in [3.63, 3.8) is 0 Å². The number of benzene rings is 1. The van der Waals surface area contributed by atoms with E-state index in [1.807, 2.05) is 31.2 Å². The van der Waals surface area contributed by atoms with Crippen LogP contribution in [-0.2, 0) is 17.8 Å². The number of aliphatic hydroxyl groups excluding tert-OH is 1. The first-order valence-corrected chi connectivity index (χ1v) is 6.30. The Kier molecular flexibility index (Phi) is 6.39. The minimum Gasteiger partial charge on any atom is -0.481 e. The summed E-state index contributed by atoms with van der Waals surface area (Å²) in [4.78, 5) is 10.7. The average molecular weight is 251 g/mol. The van der Waals surface area contributed by atoms with Crippen molar-refractivity contribution in [2.75, 3.05) is 6.54 Å². The molecule has 0 spiro atoms. The third kappa shape index (κ3) is 5.29. The molecule has 0 radical (unpaired) electrons. The highest BCUT2D eigenvalue weighted by atomic mass is 16.4. The summed E-state index contributed by atoms with van der Waals surface area (Å²) in [6.45, 7) is 3.32. The van der Waals surface area contributed by atoms with Crippen molar-refractivity contribution >= 4 is 5.97 Å². The monoisotopic (exact) mass is 251 g/mol. The van der Waals surface area contributed by atoms with Crippen molar-refractivity contribution in [1.82, 2.24) is 5.32 Å². The molecule has 0 aromatic heterocycles. The van der Waals surface area contributed by atoms with Crippen LogP contribution in [0.1, 0.15) is 30.9 Å². The molecule has 1 unspecified atom stereocenters. The maximum atomic E-state index is 10.7. The molecule has 0 aliphatic rings. The molecule has 3 N–H and O–H groups in total. The molecule has 0 saturated heterocycles. The lowest BCUT2D eigenvalue weighted by Gasteiger charge is -2.11. The second kappa shape index (κ2) is 7.84. The van der Waals surface area contributed by atoms with E-state index in [2.05, 4.69) is 5.32 Å². The molecule has 0 bridgehead atoms. The first-order valence-electron chi connectivity index (χ1n) is 6.30. The lowest BCUT2D eigenvalue weighted by molar-refractivity contribution is -0.136. The molecule has 0 fully saturated rings. The Morgan fingerprint density at radius 3 is 2.61 bits per heavy atom.